The summed E-state index contributed by atoms with van der Waals surface area (Å²) in [4.78, 5) is 24.8. The summed E-state index contributed by atoms with van der Waals surface area (Å²) in [6, 6.07) is 0.647. The molecular weight excluding hydrogens is 392 g/mol. The predicted octanol–water partition coefficient (Wildman–Crippen LogP) is 1.76. The number of amides is 1. The van der Waals surface area contributed by atoms with Gasteiger partial charge in [0.2, 0.25) is 11.8 Å². The van der Waals surface area contributed by atoms with Crippen molar-refractivity contribution in [2.24, 2.45) is 7.05 Å². The normalized spacial score (nSPS) is 21.1. The molecule has 0 bridgehead atoms. The summed E-state index contributed by atoms with van der Waals surface area (Å²) in [6.45, 7) is 10.1. The molecule has 2 aliphatic rings. The van der Waals surface area contributed by atoms with Crippen LogP contribution in [0.5, 0.6) is 5.88 Å². The maximum Gasteiger partial charge on any atom is 0.242 e. The summed E-state index contributed by atoms with van der Waals surface area (Å²) in [7, 11) is 5.73. The molecule has 0 aliphatic carbocycles. The van der Waals surface area contributed by atoms with E-state index in [9.17, 15) is 4.79 Å². The Morgan fingerprint density at radius 2 is 1.87 bits per heavy atom. The summed E-state index contributed by atoms with van der Waals surface area (Å²) in [6.07, 6.45) is 3.78. The zero-order chi connectivity index (χ0) is 22.1. The number of carbonyl (C=O) groups excluding carboxylic acids is 1. The standard InChI is InChI=1S/C23H36N6O2/c1-16-19(17(2)24-22-21(16)23(31-5)25-27(22)4)8-9-20(30)29-13-11-28(12-14-29)18-7-6-10-26(3)15-18/h18H,6-15H2,1-5H3. The number of aromatic nitrogens is 3. The van der Waals surface area contributed by atoms with E-state index >= 15 is 0 Å². The van der Waals surface area contributed by atoms with Crippen molar-refractivity contribution in [2.75, 3.05) is 53.4 Å². The molecule has 8 nitrogen and oxygen atoms in total. The smallest absolute Gasteiger partial charge is 0.242 e. The largest absolute Gasteiger partial charge is 0.479 e. The minimum Gasteiger partial charge on any atom is -0.479 e. The molecule has 2 saturated heterocycles. The van der Waals surface area contributed by atoms with E-state index in [1.54, 1.807) is 11.8 Å². The molecule has 31 heavy (non-hydrogen) atoms. The van der Waals surface area contributed by atoms with Crippen molar-refractivity contribution in [3.05, 3.63) is 16.8 Å². The number of piperidine rings is 1. The van der Waals surface area contributed by atoms with Gasteiger partial charge in [0.25, 0.3) is 0 Å². The highest BCUT2D eigenvalue weighted by Gasteiger charge is 2.28. The summed E-state index contributed by atoms with van der Waals surface area (Å²) in [5.41, 5.74) is 4.05. The van der Waals surface area contributed by atoms with Crippen molar-refractivity contribution in [3.8, 4) is 5.88 Å². The Morgan fingerprint density at radius 1 is 1.13 bits per heavy atom. The van der Waals surface area contributed by atoms with Crippen LogP contribution in [0, 0.1) is 13.8 Å². The molecule has 2 aliphatic heterocycles. The minimum absolute atomic E-state index is 0.248. The number of fused-ring (bicyclic) bond motifs is 1. The number of pyridine rings is 1. The van der Waals surface area contributed by atoms with Crippen LogP contribution in [0.25, 0.3) is 11.0 Å². The average molecular weight is 429 g/mol. The first kappa shape index (κ1) is 22.0. The van der Waals surface area contributed by atoms with Gasteiger partial charge in [-0.1, -0.05) is 0 Å². The Hall–Kier alpha value is -2.19. The van der Waals surface area contributed by atoms with E-state index in [1.165, 1.54) is 19.4 Å². The van der Waals surface area contributed by atoms with Gasteiger partial charge in [0.05, 0.1) is 12.5 Å². The van der Waals surface area contributed by atoms with E-state index in [0.717, 1.165) is 60.6 Å². The minimum atomic E-state index is 0.248. The van der Waals surface area contributed by atoms with E-state index in [4.69, 9.17) is 9.72 Å². The van der Waals surface area contributed by atoms with Crippen LogP contribution in [-0.2, 0) is 18.3 Å². The lowest BCUT2D eigenvalue weighted by Gasteiger charge is -2.42. The quantitative estimate of drug-likeness (QED) is 0.723. The van der Waals surface area contributed by atoms with Gasteiger partial charge in [-0.15, -0.1) is 5.10 Å². The molecule has 0 saturated carbocycles. The fraction of sp³-hybridized carbons (Fsp3) is 0.696. The monoisotopic (exact) mass is 428 g/mol. The third-order valence-electron chi connectivity index (χ3n) is 7.09. The highest BCUT2D eigenvalue weighted by molar-refractivity contribution is 5.86. The van der Waals surface area contributed by atoms with Crippen LogP contribution in [0.4, 0.5) is 0 Å². The average Bonchev–Trinajstić information content (AvgIpc) is 3.09. The van der Waals surface area contributed by atoms with Gasteiger partial charge in [0, 0.05) is 57.9 Å². The van der Waals surface area contributed by atoms with Gasteiger partial charge in [-0.3, -0.25) is 9.69 Å². The zero-order valence-corrected chi connectivity index (χ0v) is 19.6. The van der Waals surface area contributed by atoms with Gasteiger partial charge >= 0.3 is 0 Å². The van der Waals surface area contributed by atoms with E-state index in [2.05, 4.69) is 28.9 Å². The lowest BCUT2D eigenvalue weighted by atomic mass is 9.99. The van der Waals surface area contributed by atoms with Crippen LogP contribution >= 0.6 is 0 Å². The molecule has 2 aromatic rings. The Bertz CT molecular complexity index is 947. The van der Waals surface area contributed by atoms with E-state index in [-0.39, 0.29) is 5.91 Å². The van der Waals surface area contributed by atoms with Crippen molar-refractivity contribution < 1.29 is 9.53 Å². The van der Waals surface area contributed by atoms with Gasteiger partial charge < -0.3 is 14.5 Å². The number of rotatable bonds is 5. The zero-order valence-electron chi connectivity index (χ0n) is 19.6. The first-order valence-corrected chi connectivity index (χ1v) is 11.5. The lowest BCUT2D eigenvalue weighted by molar-refractivity contribution is -0.133. The second kappa shape index (κ2) is 9.12. The molecule has 1 atom stereocenters. The number of nitrogens with zero attached hydrogens (tertiary/aromatic N) is 6. The van der Waals surface area contributed by atoms with Gasteiger partial charge in [0.1, 0.15) is 0 Å². The number of methoxy groups -OCH3 is 1. The number of carbonyl (C=O) groups is 1. The van der Waals surface area contributed by atoms with Crippen molar-refractivity contribution >= 4 is 16.9 Å². The van der Waals surface area contributed by atoms with Crippen LogP contribution in [0.15, 0.2) is 0 Å². The molecule has 2 aromatic heterocycles. The Balaban J connectivity index is 1.38. The molecule has 4 rings (SSSR count). The topological polar surface area (TPSA) is 66.7 Å². The van der Waals surface area contributed by atoms with Crippen molar-refractivity contribution in [1.82, 2.24) is 29.5 Å². The molecule has 8 heteroatoms. The Kier molecular flexibility index (Phi) is 6.48. The lowest BCUT2D eigenvalue weighted by Crippen LogP contribution is -2.55. The van der Waals surface area contributed by atoms with Gasteiger partial charge in [-0.05, 0) is 57.8 Å². The molecule has 0 aromatic carbocycles. The third-order valence-corrected chi connectivity index (χ3v) is 7.09. The van der Waals surface area contributed by atoms with E-state index < -0.39 is 0 Å². The fourth-order valence-corrected chi connectivity index (χ4v) is 5.27. The summed E-state index contributed by atoms with van der Waals surface area (Å²) in [5, 5.41) is 5.37. The van der Waals surface area contributed by atoms with Gasteiger partial charge in [0.15, 0.2) is 5.65 Å². The van der Waals surface area contributed by atoms with Crippen LogP contribution in [-0.4, -0.2) is 94.8 Å². The molecule has 1 amide bonds. The third kappa shape index (κ3) is 4.41. The van der Waals surface area contributed by atoms with Crippen LogP contribution in [0.3, 0.4) is 0 Å². The second-order valence-electron chi connectivity index (χ2n) is 9.11. The van der Waals surface area contributed by atoms with Gasteiger partial charge in [-0.2, -0.15) is 0 Å². The van der Waals surface area contributed by atoms with E-state index in [1.807, 2.05) is 18.9 Å². The Morgan fingerprint density at radius 3 is 2.55 bits per heavy atom. The number of ether oxygens (including phenoxy) is 1. The molecule has 170 valence electrons. The van der Waals surface area contributed by atoms with Crippen molar-refractivity contribution in [2.45, 2.75) is 45.6 Å². The van der Waals surface area contributed by atoms with Crippen LogP contribution < -0.4 is 4.74 Å². The molecule has 1 unspecified atom stereocenters. The number of hydrogen-bond acceptors (Lipinski definition) is 6. The van der Waals surface area contributed by atoms with Crippen LogP contribution in [0.2, 0.25) is 0 Å². The number of aryl methyl sites for hydroxylation is 3. The number of likely N-dealkylation sites (tertiary alicyclic amines) is 1. The van der Waals surface area contributed by atoms with Crippen molar-refractivity contribution in [1.29, 1.82) is 0 Å². The fourth-order valence-electron chi connectivity index (χ4n) is 5.27. The summed E-state index contributed by atoms with van der Waals surface area (Å²) >= 11 is 0. The van der Waals surface area contributed by atoms with Crippen molar-refractivity contribution in [3.63, 3.8) is 0 Å². The summed E-state index contributed by atoms with van der Waals surface area (Å²) < 4.78 is 7.21. The Labute approximate surface area is 185 Å². The first-order chi connectivity index (χ1) is 14.9. The maximum atomic E-state index is 13.0. The molecular formula is C23H36N6O2. The number of likely N-dealkylation sites (N-methyl/N-ethyl adjacent to an activating group) is 1. The molecule has 0 spiro atoms. The highest BCUT2D eigenvalue weighted by Crippen LogP contribution is 2.30. The summed E-state index contributed by atoms with van der Waals surface area (Å²) in [5.74, 6) is 0.844. The van der Waals surface area contributed by atoms with Gasteiger partial charge in [-0.25, -0.2) is 9.67 Å². The SMILES string of the molecule is COc1nn(C)c2nc(C)c(CCC(=O)N3CCN(C4CCCN(C)C4)CC3)c(C)c12. The van der Waals surface area contributed by atoms with E-state index in [0.29, 0.717) is 24.8 Å². The molecule has 0 N–H and O–H groups in total. The second-order valence-corrected chi connectivity index (χ2v) is 9.11. The molecule has 2 fully saturated rings. The number of hydrogen-bond donors (Lipinski definition) is 0. The maximum absolute atomic E-state index is 13.0. The number of piperazine rings is 1. The molecule has 4 heterocycles. The first-order valence-electron chi connectivity index (χ1n) is 11.5. The predicted molar refractivity (Wildman–Crippen MR) is 122 cm³/mol. The highest BCUT2D eigenvalue weighted by atomic mass is 16.5. The van der Waals surface area contributed by atoms with Crippen LogP contribution in [0.1, 0.15) is 36.1 Å². The molecule has 0 radical (unpaired) electrons.